The number of hydrogen-bond acceptors (Lipinski definition) is 9. The highest BCUT2D eigenvalue weighted by molar-refractivity contribution is 5.95. The van der Waals surface area contributed by atoms with Gasteiger partial charge in [0.05, 0.1) is 24.5 Å². The van der Waals surface area contributed by atoms with Crippen LogP contribution in [0.15, 0.2) is 61.4 Å². The molecular weight excluding hydrogens is 472 g/mol. The third kappa shape index (κ3) is 6.18. The summed E-state index contributed by atoms with van der Waals surface area (Å²) >= 11 is 0. The van der Waals surface area contributed by atoms with Crippen molar-refractivity contribution >= 4 is 17.5 Å². The number of aryl methyl sites for hydroxylation is 1. The van der Waals surface area contributed by atoms with E-state index in [-0.39, 0.29) is 12.0 Å². The number of aromatic nitrogens is 5. The van der Waals surface area contributed by atoms with Gasteiger partial charge in [0.25, 0.3) is 5.91 Å². The fourth-order valence-corrected chi connectivity index (χ4v) is 3.57. The maximum atomic E-state index is 11.9. The Morgan fingerprint density at radius 1 is 1.14 bits per heavy atom. The summed E-state index contributed by atoms with van der Waals surface area (Å²) in [6.45, 7) is 2.61. The molecule has 1 atom stereocenters. The SMILES string of the molecule is CNC(=O)c1ccc(Nc2ncc(-c3ccc(C#N)c(O[C@@H](C)CCn4cncn4)c3)cn2)c(OC)c1. The predicted molar refractivity (Wildman–Crippen MR) is 137 cm³/mol. The molecule has 2 aromatic heterocycles. The highest BCUT2D eigenvalue weighted by Crippen LogP contribution is 2.30. The third-order valence-corrected chi connectivity index (χ3v) is 5.58. The second-order valence-electron chi connectivity index (χ2n) is 8.11. The van der Waals surface area contributed by atoms with E-state index in [1.807, 2.05) is 19.1 Å². The molecule has 0 radical (unpaired) electrons. The Bertz CT molecular complexity index is 1400. The van der Waals surface area contributed by atoms with Gasteiger partial charge in [-0.3, -0.25) is 9.48 Å². The Hall–Kier alpha value is -4.98. The molecule has 0 bridgehead atoms. The van der Waals surface area contributed by atoms with Gasteiger partial charge < -0.3 is 20.1 Å². The van der Waals surface area contributed by atoms with Gasteiger partial charge in [-0.05, 0) is 42.8 Å². The summed E-state index contributed by atoms with van der Waals surface area (Å²) < 4.78 is 13.2. The summed E-state index contributed by atoms with van der Waals surface area (Å²) in [5.74, 6) is 1.14. The summed E-state index contributed by atoms with van der Waals surface area (Å²) in [5, 5.41) is 19.3. The predicted octanol–water partition coefficient (Wildman–Crippen LogP) is 3.58. The van der Waals surface area contributed by atoms with Crippen LogP contribution in [0.2, 0.25) is 0 Å². The first-order valence-corrected chi connectivity index (χ1v) is 11.5. The fourth-order valence-electron chi connectivity index (χ4n) is 3.57. The van der Waals surface area contributed by atoms with Crippen molar-refractivity contribution in [2.45, 2.75) is 26.0 Å². The van der Waals surface area contributed by atoms with Crippen LogP contribution < -0.4 is 20.1 Å². The van der Waals surface area contributed by atoms with Crippen LogP contribution in [0.1, 0.15) is 29.3 Å². The largest absolute Gasteiger partial charge is 0.495 e. The number of methoxy groups -OCH3 is 1. The summed E-state index contributed by atoms with van der Waals surface area (Å²) in [6, 6.07) is 12.6. The van der Waals surface area contributed by atoms with E-state index < -0.39 is 0 Å². The lowest BCUT2D eigenvalue weighted by Gasteiger charge is -2.16. The number of nitrogens with one attached hydrogen (secondary N) is 2. The van der Waals surface area contributed by atoms with Crippen LogP contribution in [0.25, 0.3) is 11.1 Å². The molecule has 37 heavy (non-hydrogen) atoms. The molecule has 0 saturated heterocycles. The molecule has 2 aromatic carbocycles. The van der Waals surface area contributed by atoms with E-state index >= 15 is 0 Å². The molecule has 0 aliphatic heterocycles. The third-order valence-electron chi connectivity index (χ3n) is 5.58. The van der Waals surface area contributed by atoms with Gasteiger partial charge in [-0.25, -0.2) is 15.0 Å². The topological polar surface area (TPSA) is 140 Å². The monoisotopic (exact) mass is 498 g/mol. The van der Waals surface area contributed by atoms with E-state index in [0.717, 1.165) is 11.1 Å². The van der Waals surface area contributed by atoms with Crippen molar-refractivity contribution in [2.75, 3.05) is 19.5 Å². The van der Waals surface area contributed by atoms with Crippen LogP contribution in [-0.4, -0.2) is 50.9 Å². The summed E-state index contributed by atoms with van der Waals surface area (Å²) in [5.41, 5.74) is 3.13. The van der Waals surface area contributed by atoms with Gasteiger partial charge in [-0.1, -0.05) is 6.07 Å². The molecule has 188 valence electrons. The Labute approximate surface area is 214 Å². The van der Waals surface area contributed by atoms with Crippen LogP contribution in [0.4, 0.5) is 11.6 Å². The van der Waals surface area contributed by atoms with E-state index in [2.05, 4.69) is 36.8 Å². The van der Waals surface area contributed by atoms with Crippen molar-refractivity contribution < 1.29 is 14.3 Å². The van der Waals surface area contributed by atoms with Crippen LogP contribution in [-0.2, 0) is 6.54 Å². The molecule has 0 fully saturated rings. The molecule has 0 saturated carbocycles. The Kier molecular flexibility index (Phi) is 7.90. The van der Waals surface area contributed by atoms with Crippen molar-refractivity contribution in [2.24, 2.45) is 0 Å². The van der Waals surface area contributed by atoms with E-state index in [0.29, 0.717) is 47.2 Å². The Balaban J connectivity index is 1.47. The number of amides is 1. The molecule has 0 aliphatic carbocycles. The number of hydrogen-bond donors (Lipinski definition) is 2. The van der Waals surface area contributed by atoms with Crippen molar-refractivity contribution in [3.63, 3.8) is 0 Å². The lowest BCUT2D eigenvalue weighted by molar-refractivity contribution is 0.0962. The second-order valence-corrected chi connectivity index (χ2v) is 8.11. The number of nitrogens with zero attached hydrogens (tertiary/aromatic N) is 6. The van der Waals surface area contributed by atoms with Gasteiger partial charge in [-0.15, -0.1) is 0 Å². The minimum atomic E-state index is -0.208. The van der Waals surface area contributed by atoms with Gasteiger partial charge in [-0.2, -0.15) is 10.4 Å². The normalized spacial score (nSPS) is 11.3. The average Bonchev–Trinajstić information content (AvgIpc) is 3.46. The summed E-state index contributed by atoms with van der Waals surface area (Å²) in [6.07, 6.45) is 7.07. The maximum absolute atomic E-state index is 11.9. The van der Waals surface area contributed by atoms with Crippen LogP contribution in [0.5, 0.6) is 11.5 Å². The Morgan fingerprint density at radius 2 is 1.95 bits per heavy atom. The van der Waals surface area contributed by atoms with Gasteiger partial charge in [0.1, 0.15) is 30.2 Å². The number of nitriles is 1. The lowest BCUT2D eigenvalue weighted by Crippen LogP contribution is -2.17. The number of anilines is 2. The first kappa shape index (κ1) is 25.1. The molecule has 11 nitrogen and oxygen atoms in total. The van der Waals surface area contributed by atoms with Crippen LogP contribution >= 0.6 is 0 Å². The number of ether oxygens (including phenoxy) is 2. The first-order valence-electron chi connectivity index (χ1n) is 11.5. The van der Waals surface area contributed by atoms with E-state index in [9.17, 15) is 10.1 Å². The molecule has 0 aliphatic rings. The molecule has 0 unspecified atom stereocenters. The zero-order valence-corrected chi connectivity index (χ0v) is 20.7. The average molecular weight is 499 g/mol. The van der Waals surface area contributed by atoms with Crippen molar-refractivity contribution in [1.82, 2.24) is 30.0 Å². The summed E-state index contributed by atoms with van der Waals surface area (Å²) in [7, 11) is 3.10. The molecule has 1 amide bonds. The lowest BCUT2D eigenvalue weighted by atomic mass is 10.1. The zero-order chi connectivity index (χ0) is 26.2. The first-order chi connectivity index (χ1) is 18.0. The van der Waals surface area contributed by atoms with Gasteiger partial charge >= 0.3 is 0 Å². The quantitative estimate of drug-likeness (QED) is 0.336. The van der Waals surface area contributed by atoms with Crippen LogP contribution in [0, 0.1) is 11.3 Å². The molecule has 2 N–H and O–H groups in total. The maximum Gasteiger partial charge on any atom is 0.251 e. The minimum Gasteiger partial charge on any atom is -0.495 e. The van der Waals surface area contributed by atoms with Crippen molar-refractivity contribution in [3.05, 3.63) is 72.6 Å². The van der Waals surface area contributed by atoms with Gasteiger partial charge in [0, 0.05) is 43.5 Å². The highest BCUT2D eigenvalue weighted by Gasteiger charge is 2.13. The van der Waals surface area contributed by atoms with E-state index in [4.69, 9.17) is 9.47 Å². The number of carbonyl (C=O) groups is 1. The molecular formula is C26H26N8O3. The van der Waals surface area contributed by atoms with Crippen molar-refractivity contribution in [1.29, 1.82) is 5.26 Å². The van der Waals surface area contributed by atoms with E-state index in [1.54, 1.807) is 54.7 Å². The zero-order valence-electron chi connectivity index (χ0n) is 20.7. The Morgan fingerprint density at radius 3 is 2.62 bits per heavy atom. The smallest absolute Gasteiger partial charge is 0.251 e. The molecule has 11 heteroatoms. The standard InChI is InChI=1S/C26H26N8O3/c1-17(8-9-34-16-29-15-32-34)37-23-10-18(4-5-20(23)12-27)21-13-30-26(31-14-21)33-22-7-6-19(25(35)28-2)11-24(22)36-3/h4-7,10-11,13-17H,8-9H2,1-3H3,(H,28,35)(H,30,31,33)/t17-/m0/s1. The number of benzene rings is 2. The summed E-state index contributed by atoms with van der Waals surface area (Å²) in [4.78, 5) is 24.6. The van der Waals surface area contributed by atoms with Gasteiger partial charge in [0.2, 0.25) is 5.95 Å². The fraction of sp³-hybridized carbons (Fsp3) is 0.231. The van der Waals surface area contributed by atoms with Crippen LogP contribution in [0.3, 0.4) is 0 Å². The molecule has 4 aromatic rings. The molecule has 4 rings (SSSR count). The van der Waals surface area contributed by atoms with E-state index in [1.165, 1.54) is 13.4 Å². The van der Waals surface area contributed by atoms with Gasteiger partial charge in [0.15, 0.2) is 0 Å². The second kappa shape index (κ2) is 11.6. The number of carbonyl (C=O) groups excluding carboxylic acids is 1. The molecule has 2 heterocycles. The van der Waals surface area contributed by atoms with Crippen molar-refractivity contribution in [3.8, 4) is 28.7 Å². The minimum absolute atomic E-state index is 0.140. The highest BCUT2D eigenvalue weighted by atomic mass is 16.5. The number of rotatable bonds is 10. The molecule has 0 spiro atoms.